The average Bonchev–Trinajstić information content (AvgIpc) is 2.42. The first-order valence-corrected chi connectivity index (χ1v) is 6.34. The molecule has 1 aromatic heterocycles. The SMILES string of the molecule is COc1cc(C)c(-c2ccc(CCN)nn2)cc1C. The summed E-state index contributed by atoms with van der Waals surface area (Å²) < 4.78 is 5.32. The van der Waals surface area contributed by atoms with Gasteiger partial charge in [0.2, 0.25) is 0 Å². The van der Waals surface area contributed by atoms with Crippen LogP contribution in [0, 0.1) is 13.8 Å². The lowest BCUT2D eigenvalue weighted by Crippen LogP contribution is -2.05. The first-order chi connectivity index (χ1) is 9.15. The van der Waals surface area contributed by atoms with Crippen molar-refractivity contribution in [1.82, 2.24) is 10.2 Å². The van der Waals surface area contributed by atoms with Crippen LogP contribution in [0.3, 0.4) is 0 Å². The Balaban J connectivity index is 2.38. The van der Waals surface area contributed by atoms with E-state index >= 15 is 0 Å². The van der Waals surface area contributed by atoms with E-state index in [9.17, 15) is 0 Å². The van der Waals surface area contributed by atoms with Crippen molar-refractivity contribution in [2.45, 2.75) is 20.3 Å². The smallest absolute Gasteiger partial charge is 0.122 e. The largest absolute Gasteiger partial charge is 0.496 e. The third-order valence-electron chi connectivity index (χ3n) is 3.14. The molecule has 0 atom stereocenters. The van der Waals surface area contributed by atoms with Gasteiger partial charge >= 0.3 is 0 Å². The highest BCUT2D eigenvalue weighted by molar-refractivity contribution is 5.66. The Hall–Kier alpha value is -1.94. The number of nitrogens with zero attached hydrogens (tertiary/aromatic N) is 2. The Bertz CT molecular complexity index is 564. The molecule has 0 bridgehead atoms. The van der Waals surface area contributed by atoms with Gasteiger partial charge in [-0.1, -0.05) is 0 Å². The summed E-state index contributed by atoms with van der Waals surface area (Å²) in [5.74, 6) is 0.897. The van der Waals surface area contributed by atoms with E-state index in [1.54, 1.807) is 7.11 Å². The second-order valence-electron chi connectivity index (χ2n) is 4.59. The van der Waals surface area contributed by atoms with Crippen LogP contribution in [0.2, 0.25) is 0 Å². The molecule has 0 unspecified atom stereocenters. The van der Waals surface area contributed by atoms with E-state index in [4.69, 9.17) is 10.5 Å². The number of ether oxygens (including phenoxy) is 1. The van der Waals surface area contributed by atoms with Crippen LogP contribution < -0.4 is 10.5 Å². The fraction of sp³-hybridized carbons (Fsp3) is 0.333. The zero-order valence-corrected chi connectivity index (χ0v) is 11.6. The van der Waals surface area contributed by atoms with Gasteiger partial charge in [0.15, 0.2) is 0 Å². The quantitative estimate of drug-likeness (QED) is 0.912. The van der Waals surface area contributed by atoms with E-state index in [-0.39, 0.29) is 0 Å². The summed E-state index contributed by atoms with van der Waals surface area (Å²) in [6, 6.07) is 8.08. The Morgan fingerprint density at radius 1 is 1.11 bits per heavy atom. The Morgan fingerprint density at radius 2 is 1.89 bits per heavy atom. The minimum atomic E-state index is 0.592. The van der Waals surface area contributed by atoms with Gasteiger partial charge in [0, 0.05) is 12.0 Å². The van der Waals surface area contributed by atoms with E-state index in [0.29, 0.717) is 6.54 Å². The summed E-state index contributed by atoms with van der Waals surface area (Å²) in [5, 5.41) is 8.48. The fourth-order valence-corrected chi connectivity index (χ4v) is 2.07. The molecule has 2 N–H and O–H groups in total. The van der Waals surface area contributed by atoms with Crippen molar-refractivity contribution in [3.63, 3.8) is 0 Å². The van der Waals surface area contributed by atoms with Gasteiger partial charge in [-0.3, -0.25) is 0 Å². The molecule has 0 saturated carbocycles. The predicted molar refractivity (Wildman–Crippen MR) is 76.3 cm³/mol. The number of nitrogens with two attached hydrogens (primary N) is 1. The third kappa shape index (κ3) is 2.90. The first kappa shape index (κ1) is 13.5. The normalized spacial score (nSPS) is 10.5. The zero-order chi connectivity index (χ0) is 13.8. The molecule has 0 aliphatic carbocycles. The van der Waals surface area contributed by atoms with Crippen molar-refractivity contribution in [1.29, 1.82) is 0 Å². The van der Waals surface area contributed by atoms with Crippen molar-refractivity contribution < 1.29 is 4.74 Å². The minimum absolute atomic E-state index is 0.592. The van der Waals surface area contributed by atoms with Gasteiger partial charge in [0.1, 0.15) is 5.75 Å². The molecule has 0 fully saturated rings. The molecule has 4 heteroatoms. The molecule has 2 aromatic rings. The summed E-state index contributed by atoms with van der Waals surface area (Å²) in [7, 11) is 1.68. The van der Waals surface area contributed by atoms with Crippen molar-refractivity contribution in [2.24, 2.45) is 5.73 Å². The van der Waals surface area contributed by atoms with Crippen LogP contribution in [0.15, 0.2) is 24.3 Å². The number of methoxy groups -OCH3 is 1. The molecule has 100 valence electrons. The van der Waals surface area contributed by atoms with Gasteiger partial charge in [-0.15, -0.1) is 0 Å². The number of aromatic nitrogens is 2. The summed E-state index contributed by atoms with van der Waals surface area (Å²) >= 11 is 0. The molecule has 0 aliphatic rings. The summed E-state index contributed by atoms with van der Waals surface area (Å²) in [5.41, 5.74) is 10.6. The highest BCUT2D eigenvalue weighted by Gasteiger charge is 2.08. The zero-order valence-electron chi connectivity index (χ0n) is 11.6. The summed E-state index contributed by atoms with van der Waals surface area (Å²) in [6.45, 7) is 4.67. The van der Waals surface area contributed by atoms with E-state index in [1.165, 1.54) is 0 Å². The van der Waals surface area contributed by atoms with Crippen molar-refractivity contribution in [2.75, 3.05) is 13.7 Å². The van der Waals surface area contributed by atoms with Gasteiger partial charge in [-0.25, -0.2) is 0 Å². The summed E-state index contributed by atoms with van der Waals surface area (Å²) in [4.78, 5) is 0. The van der Waals surface area contributed by atoms with Gasteiger partial charge in [0.25, 0.3) is 0 Å². The van der Waals surface area contributed by atoms with Crippen molar-refractivity contribution >= 4 is 0 Å². The number of hydrogen-bond donors (Lipinski definition) is 1. The van der Waals surface area contributed by atoms with Crippen LogP contribution in [0.25, 0.3) is 11.3 Å². The number of hydrogen-bond acceptors (Lipinski definition) is 4. The molecular weight excluding hydrogens is 238 g/mol. The maximum atomic E-state index is 5.50. The molecule has 0 aliphatic heterocycles. The second-order valence-corrected chi connectivity index (χ2v) is 4.59. The lowest BCUT2D eigenvalue weighted by atomic mass is 10.0. The lowest BCUT2D eigenvalue weighted by molar-refractivity contribution is 0.411. The molecule has 1 heterocycles. The second kappa shape index (κ2) is 5.80. The third-order valence-corrected chi connectivity index (χ3v) is 3.14. The number of rotatable bonds is 4. The van der Waals surface area contributed by atoms with Gasteiger partial charge in [0.05, 0.1) is 18.5 Å². The molecule has 0 radical (unpaired) electrons. The molecule has 1 aromatic carbocycles. The number of aryl methyl sites for hydroxylation is 2. The lowest BCUT2D eigenvalue weighted by Gasteiger charge is -2.10. The van der Waals surface area contributed by atoms with E-state index in [1.807, 2.05) is 32.0 Å². The monoisotopic (exact) mass is 257 g/mol. The minimum Gasteiger partial charge on any atom is -0.496 e. The predicted octanol–water partition coefficient (Wildman–Crippen LogP) is 2.27. The van der Waals surface area contributed by atoms with Crippen LogP contribution in [0.1, 0.15) is 16.8 Å². The van der Waals surface area contributed by atoms with E-state index in [2.05, 4.69) is 16.3 Å². The van der Waals surface area contributed by atoms with Crippen molar-refractivity contribution in [3.05, 3.63) is 41.1 Å². The molecule has 2 rings (SSSR count). The Morgan fingerprint density at radius 3 is 2.47 bits per heavy atom. The maximum Gasteiger partial charge on any atom is 0.122 e. The molecule has 19 heavy (non-hydrogen) atoms. The molecule has 0 saturated heterocycles. The van der Waals surface area contributed by atoms with Gasteiger partial charge in [-0.2, -0.15) is 10.2 Å². The highest BCUT2D eigenvalue weighted by Crippen LogP contribution is 2.28. The van der Waals surface area contributed by atoms with Crippen LogP contribution in [0.5, 0.6) is 5.75 Å². The fourth-order valence-electron chi connectivity index (χ4n) is 2.07. The summed E-state index contributed by atoms with van der Waals surface area (Å²) in [6.07, 6.45) is 0.758. The molecule has 0 spiro atoms. The van der Waals surface area contributed by atoms with Crippen LogP contribution in [0.4, 0.5) is 0 Å². The standard InChI is InChI=1S/C15H19N3O/c1-10-9-15(19-3)11(2)8-13(10)14-5-4-12(6-7-16)17-18-14/h4-5,8-9H,6-7,16H2,1-3H3. The van der Waals surface area contributed by atoms with E-state index in [0.717, 1.165) is 40.2 Å². The topological polar surface area (TPSA) is 61.0 Å². The Labute approximate surface area is 113 Å². The average molecular weight is 257 g/mol. The maximum absolute atomic E-state index is 5.50. The molecule has 4 nitrogen and oxygen atoms in total. The Kier molecular flexibility index (Phi) is 4.12. The van der Waals surface area contributed by atoms with Crippen molar-refractivity contribution in [3.8, 4) is 17.0 Å². The van der Waals surface area contributed by atoms with Gasteiger partial charge in [-0.05, 0) is 55.8 Å². The van der Waals surface area contributed by atoms with Crippen LogP contribution in [-0.4, -0.2) is 23.9 Å². The van der Waals surface area contributed by atoms with Crippen LogP contribution in [-0.2, 0) is 6.42 Å². The molecule has 0 amide bonds. The van der Waals surface area contributed by atoms with Gasteiger partial charge < -0.3 is 10.5 Å². The van der Waals surface area contributed by atoms with E-state index < -0.39 is 0 Å². The molecular formula is C15H19N3O. The van der Waals surface area contributed by atoms with Crippen LogP contribution >= 0.6 is 0 Å². The highest BCUT2D eigenvalue weighted by atomic mass is 16.5. The number of benzene rings is 1. The first-order valence-electron chi connectivity index (χ1n) is 6.34.